The van der Waals surface area contributed by atoms with E-state index in [1.807, 2.05) is 6.07 Å². The lowest BCUT2D eigenvalue weighted by molar-refractivity contribution is 0.467. The molecule has 1 aliphatic rings. The zero-order chi connectivity index (χ0) is 14.3. The second kappa shape index (κ2) is 7.07. The van der Waals surface area contributed by atoms with Crippen LogP contribution in [0.2, 0.25) is 0 Å². The molecule has 0 unspecified atom stereocenters. The minimum atomic E-state index is 0. The van der Waals surface area contributed by atoms with Crippen molar-refractivity contribution in [1.82, 2.24) is 4.98 Å². The molecule has 0 bridgehead atoms. The van der Waals surface area contributed by atoms with Gasteiger partial charge in [0.05, 0.1) is 0 Å². The van der Waals surface area contributed by atoms with E-state index in [-0.39, 0.29) is 36.3 Å². The molecule has 1 atom stereocenters. The minimum absolute atomic E-state index is 0. The van der Waals surface area contributed by atoms with E-state index in [0.29, 0.717) is 6.01 Å². The number of hydrogen-bond donors (Lipinski definition) is 1. The van der Waals surface area contributed by atoms with Crippen molar-refractivity contribution in [2.24, 2.45) is 5.73 Å². The number of nitrogens with two attached hydrogens (primary N) is 1. The first kappa shape index (κ1) is 19.1. The smallest absolute Gasteiger partial charge is 0.298 e. The highest BCUT2D eigenvalue weighted by molar-refractivity contribution is 5.85. The Morgan fingerprint density at radius 3 is 2.64 bits per heavy atom. The minimum Gasteiger partial charge on any atom is -0.423 e. The molecule has 1 aromatic heterocycles. The molecule has 124 valence electrons. The zero-order valence-corrected chi connectivity index (χ0v) is 15.0. The largest absolute Gasteiger partial charge is 0.423 e. The molecule has 0 aliphatic carbocycles. The molecular weight excluding hydrogens is 321 g/mol. The van der Waals surface area contributed by atoms with Crippen LogP contribution in [0, 0.1) is 0 Å². The van der Waals surface area contributed by atoms with E-state index in [9.17, 15) is 0 Å². The molecular formula is C16H25Cl2N3O. The monoisotopic (exact) mass is 345 g/mol. The summed E-state index contributed by atoms with van der Waals surface area (Å²) in [6.07, 6.45) is 2.19. The van der Waals surface area contributed by atoms with Crippen LogP contribution in [0.25, 0.3) is 11.1 Å². The third-order valence-corrected chi connectivity index (χ3v) is 3.97. The molecule has 2 N–H and O–H groups in total. The van der Waals surface area contributed by atoms with Crippen LogP contribution < -0.4 is 10.6 Å². The van der Waals surface area contributed by atoms with Crippen LogP contribution in [-0.2, 0) is 5.41 Å². The molecule has 0 radical (unpaired) electrons. The van der Waals surface area contributed by atoms with Gasteiger partial charge in [-0.05, 0) is 36.0 Å². The van der Waals surface area contributed by atoms with Gasteiger partial charge < -0.3 is 15.1 Å². The summed E-state index contributed by atoms with van der Waals surface area (Å²) in [4.78, 5) is 6.81. The van der Waals surface area contributed by atoms with E-state index < -0.39 is 0 Å². The number of rotatable bonds is 1. The average molecular weight is 346 g/mol. The highest BCUT2D eigenvalue weighted by atomic mass is 35.5. The van der Waals surface area contributed by atoms with Crippen LogP contribution in [-0.4, -0.2) is 24.1 Å². The van der Waals surface area contributed by atoms with Crippen molar-refractivity contribution in [3.05, 3.63) is 23.8 Å². The van der Waals surface area contributed by atoms with Crippen LogP contribution in [0.3, 0.4) is 0 Å². The van der Waals surface area contributed by atoms with E-state index in [0.717, 1.165) is 37.0 Å². The lowest BCUT2D eigenvalue weighted by Crippen LogP contribution is -2.42. The van der Waals surface area contributed by atoms with E-state index in [1.54, 1.807) is 0 Å². The number of oxazole rings is 1. The SMILES string of the molecule is CC(C)(C)c1ccc2oc(N3CCC[C@H](N)C3)nc2c1.Cl.Cl. The van der Waals surface area contributed by atoms with Crippen molar-refractivity contribution in [3.63, 3.8) is 0 Å². The summed E-state index contributed by atoms with van der Waals surface area (Å²) in [6.45, 7) is 8.43. The maximum Gasteiger partial charge on any atom is 0.298 e. The lowest BCUT2D eigenvalue weighted by atomic mass is 9.87. The average Bonchev–Trinajstić information content (AvgIpc) is 2.80. The fourth-order valence-corrected chi connectivity index (χ4v) is 2.70. The normalized spacial score (nSPS) is 18.7. The Balaban J connectivity index is 0.00000121. The maximum absolute atomic E-state index is 6.03. The number of halogens is 2. The van der Waals surface area contributed by atoms with Gasteiger partial charge in [0.2, 0.25) is 0 Å². The highest BCUT2D eigenvalue weighted by Crippen LogP contribution is 2.29. The van der Waals surface area contributed by atoms with Gasteiger partial charge in [-0.1, -0.05) is 26.8 Å². The molecule has 1 fully saturated rings. The molecule has 6 heteroatoms. The summed E-state index contributed by atoms with van der Waals surface area (Å²) in [6, 6.07) is 7.21. The van der Waals surface area contributed by atoms with Crippen LogP contribution in [0.5, 0.6) is 0 Å². The fourth-order valence-electron chi connectivity index (χ4n) is 2.70. The van der Waals surface area contributed by atoms with Crippen LogP contribution in [0.4, 0.5) is 6.01 Å². The molecule has 1 saturated heterocycles. The standard InChI is InChI=1S/C16H23N3O.2ClH/c1-16(2,3)11-6-7-14-13(9-11)18-15(20-14)19-8-4-5-12(17)10-19;;/h6-7,9,12H,4-5,8,10,17H2,1-3H3;2*1H/t12-;;/m0../s1. The molecule has 4 nitrogen and oxygen atoms in total. The van der Waals surface area contributed by atoms with Crippen molar-refractivity contribution in [1.29, 1.82) is 0 Å². The Kier molecular flexibility index (Phi) is 6.13. The van der Waals surface area contributed by atoms with Crippen molar-refractivity contribution in [2.75, 3.05) is 18.0 Å². The maximum atomic E-state index is 6.03. The predicted octanol–water partition coefficient (Wildman–Crippen LogP) is 3.90. The van der Waals surface area contributed by atoms with E-state index >= 15 is 0 Å². The van der Waals surface area contributed by atoms with Crippen molar-refractivity contribution < 1.29 is 4.42 Å². The van der Waals surface area contributed by atoms with Crippen LogP contribution in [0.1, 0.15) is 39.2 Å². The number of fused-ring (bicyclic) bond motifs is 1. The Labute approximate surface area is 144 Å². The molecule has 0 amide bonds. The first-order valence-corrected chi connectivity index (χ1v) is 7.35. The molecule has 2 aromatic rings. The van der Waals surface area contributed by atoms with E-state index in [1.165, 1.54) is 5.56 Å². The van der Waals surface area contributed by atoms with Gasteiger partial charge in [-0.2, -0.15) is 4.98 Å². The second-order valence-electron chi connectivity index (χ2n) is 6.78. The third-order valence-electron chi connectivity index (χ3n) is 3.97. The van der Waals surface area contributed by atoms with Crippen molar-refractivity contribution in [2.45, 2.75) is 45.1 Å². The van der Waals surface area contributed by atoms with Crippen LogP contribution in [0.15, 0.2) is 22.6 Å². The second-order valence-corrected chi connectivity index (χ2v) is 6.78. The van der Waals surface area contributed by atoms with Crippen molar-refractivity contribution in [3.8, 4) is 0 Å². The van der Waals surface area contributed by atoms with Crippen LogP contribution >= 0.6 is 24.8 Å². The topological polar surface area (TPSA) is 55.3 Å². The molecule has 1 aliphatic heterocycles. The number of piperidine rings is 1. The van der Waals surface area contributed by atoms with E-state index in [4.69, 9.17) is 10.2 Å². The van der Waals surface area contributed by atoms with Gasteiger partial charge in [-0.15, -0.1) is 24.8 Å². The summed E-state index contributed by atoms with van der Waals surface area (Å²) in [5.41, 5.74) is 9.22. The summed E-state index contributed by atoms with van der Waals surface area (Å²) in [7, 11) is 0. The fraction of sp³-hybridized carbons (Fsp3) is 0.562. The van der Waals surface area contributed by atoms with E-state index in [2.05, 4.69) is 42.8 Å². The number of nitrogens with zero attached hydrogens (tertiary/aromatic N) is 2. The number of benzene rings is 1. The molecule has 3 rings (SSSR count). The van der Waals surface area contributed by atoms with Gasteiger partial charge in [0.25, 0.3) is 6.01 Å². The molecule has 0 saturated carbocycles. The number of hydrogen-bond acceptors (Lipinski definition) is 4. The summed E-state index contributed by atoms with van der Waals surface area (Å²) < 4.78 is 5.88. The third kappa shape index (κ3) is 3.86. The summed E-state index contributed by atoms with van der Waals surface area (Å²) in [5.74, 6) is 0. The highest BCUT2D eigenvalue weighted by Gasteiger charge is 2.22. The Bertz CT molecular complexity index is 621. The summed E-state index contributed by atoms with van der Waals surface area (Å²) in [5, 5.41) is 0. The van der Waals surface area contributed by atoms with Gasteiger partial charge in [-0.25, -0.2) is 0 Å². The van der Waals surface area contributed by atoms with Crippen molar-refractivity contribution >= 4 is 41.9 Å². The van der Waals surface area contributed by atoms with Gasteiger partial charge in [-0.3, -0.25) is 0 Å². The number of anilines is 1. The molecule has 0 spiro atoms. The zero-order valence-electron chi connectivity index (χ0n) is 13.3. The Morgan fingerprint density at radius 2 is 2.00 bits per heavy atom. The van der Waals surface area contributed by atoms with Gasteiger partial charge in [0.15, 0.2) is 5.58 Å². The lowest BCUT2D eigenvalue weighted by Gasteiger charge is -2.29. The Hall–Kier alpha value is -0.970. The van der Waals surface area contributed by atoms with Gasteiger partial charge in [0, 0.05) is 19.1 Å². The molecule has 2 heterocycles. The quantitative estimate of drug-likeness (QED) is 0.851. The first-order chi connectivity index (χ1) is 9.43. The Morgan fingerprint density at radius 1 is 1.27 bits per heavy atom. The summed E-state index contributed by atoms with van der Waals surface area (Å²) >= 11 is 0. The van der Waals surface area contributed by atoms with Gasteiger partial charge in [0.1, 0.15) is 5.52 Å². The first-order valence-electron chi connectivity index (χ1n) is 7.35. The number of aromatic nitrogens is 1. The molecule has 22 heavy (non-hydrogen) atoms. The predicted molar refractivity (Wildman–Crippen MR) is 96.6 cm³/mol. The van der Waals surface area contributed by atoms with Gasteiger partial charge >= 0.3 is 0 Å². The molecule has 1 aromatic carbocycles.